The standard InChI is InChI=1S/C19H19NO4/c1-2-3-4-5-9-20-18(23)13-8-6-7-12-15(11-21)16(22)10-14(17(12)13)19(20)24/h6-8,10-11,21H,2-5,9H2,1H3. The van der Waals surface area contributed by atoms with Crippen LogP contribution in [0.15, 0.2) is 38.6 Å². The summed E-state index contributed by atoms with van der Waals surface area (Å²) in [5.41, 5.74) is -0.492. The largest absolute Gasteiger partial charge is 0.515 e. The van der Waals surface area contributed by atoms with E-state index in [0.29, 0.717) is 22.9 Å². The summed E-state index contributed by atoms with van der Waals surface area (Å²) in [6, 6.07) is 6.19. The van der Waals surface area contributed by atoms with Crippen molar-refractivity contribution in [2.24, 2.45) is 0 Å². The minimum Gasteiger partial charge on any atom is -0.515 e. The lowest BCUT2D eigenvalue weighted by Gasteiger charge is -2.14. The first-order valence-electron chi connectivity index (χ1n) is 8.20. The van der Waals surface area contributed by atoms with Crippen LogP contribution in [0.3, 0.4) is 0 Å². The number of aromatic nitrogens is 1. The molecule has 0 saturated heterocycles. The Bertz CT molecular complexity index is 1070. The molecule has 5 nitrogen and oxygen atoms in total. The molecule has 0 amide bonds. The molecule has 0 aromatic heterocycles. The average molecular weight is 325 g/mol. The van der Waals surface area contributed by atoms with E-state index in [0.717, 1.165) is 31.9 Å². The summed E-state index contributed by atoms with van der Waals surface area (Å²) in [6.45, 7) is 2.45. The van der Waals surface area contributed by atoms with Gasteiger partial charge in [-0.1, -0.05) is 38.3 Å². The van der Waals surface area contributed by atoms with Gasteiger partial charge in [0.2, 0.25) is 0 Å². The summed E-state index contributed by atoms with van der Waals surface area (Å²) < 4.78 is 1.23. The molecule has 3 rings (SSSR count). The molecule has 0 atom stereocenters. The van der Waals surface area contributed by atoms with Crippen molar-refractivity contribution in [1.82, 2.24) is 4.57 Å². The van der Waals surface area contributed by atoms with Gasteiger partial charge in [-0.3, -0.25) is 19.0 Å². The summed E-state index contributed by atoms with van der Waals surface area (Å²) in [7, 11) is 0. The molecule has 0 unspecified atom stereocenters. The summed E-state index contributed by atoms with van der Waals surface area (Å²) in [6.07, 6.45) is 4.57. The smallest absolute Gasteiger partial charge is 0.261 e. The first-order valence-corrected chi connectivity index (χ1v) is 8.20. The van der Waals surface area contributed by atoms with Gasteiger partial charge >= 0.3 is 0 Å². The van der Waals surface area contributed by atoms with Gasteiger partial charge in [-0.2, -0.15) is 0 Å². The van der Waals surface area contributed by atoms with Crippen LogP contribution in [0.4, 0.5) is 0 Å². The molecule has 1 aliphatic carbocycles. The topological polar surface area (TPSA) is 76.4 Å². The van der Waals surface area contributed by atoms with Crippen molar-refractivity contribution in [1.29, 1.82) is 0 Å². The zero-order chi connectivity index (χ0) is 17.3. The Hall–Kier alpha value is -2.69. The highest BCUT2D eigenvalue weighted by Crippen LogP contribution is 2.24. The van der Waals surface area contributed by atoms with Crippen molar-refractivity contribution >= 4 is 17.0 Å². The molecule has 0 spiro atoms. The number of aliphatic hydroxyl groups is 1. The van der Waals surface area contributed by atoms with Gasteiger partial charge in [0.1, 0.15) is 0 Å². The van der Waals surface area contributed by atoms with Crippen LogP contribution in [0.25, 0.3) is 28.2 Å². The van der Waals surface area contributed by atoms with E-state index >= 15 is 0 Å². The SMILES string of the molecule is CCCCCCn1c(=O)c2cc(=O)c(=CO)c3cccc(c3-2)c1=O. The zero-order valence-electron chi connectivity index (χ0n) is 13.5. The minimum atomic E-state index is -0.429. The molecule has 1 aromatic carbocycles. The fourth-order valence-corrected chi connectivity index (χ4v) is 3.24. The van der Waals surface area contributed by atoms with E-state index in [1.54, 1.807) is 18.2 Å². The van der Waals surface area contributed by atoms with Crippen LogP contribution in [0, 0.1) is 0 Å². The molecule has 0 saturated carbocycles. The van der Waals surface area contributed by atoms with Crippen molar-refractivity contribution in [3.05, 3.63) is 60.4 Å². The normalized spacial score (nSPS) is 12.5. The van der Waals surface area contributed by atoms with E-state index in [2.05, 4.69) is 6.92 Å². The summed E-state index contributed by atoms with van der Waals surface area (Å²) in [5.74, 6) is 0. The number of hydrogen-bond acceptors (Lipinski definition) is 4. The lowest BCUT2D eigenvalue weighted by atomic mass is 9.94. The molecule has 0 bridgehead atoms. The number of benzene rings is 2. The Balaban J connectivity index is 2.32. The molecular formula is C19H19NO4. The van der Waals surface area contributed by atoms with Crippen LogP contribution >= 0.6 is 0 Å². The molecule has 5 heteroatoms. The van der Waals surface area contributed by atoms with Gasteiger partial charge in [0.25, 0.3) is 11.1 Å². The lowest BCUT2D eigenvalue weighted by molar-refractivity contribution is 0.540. The van der Waals surface area contributed by atoms with Crippen LogP contribution in [0.2, 0.25) is 0 Å². The second-order valence-electron chi connectivity index (χ2n) is 6.02. The first kappa shape index (κ1) is 16.2. The summed E-state index contributed by atoms with van der Waals surface area (Å²) in [4.78, 5) is 37.6. The van der Waals surface area contributed by atoms with Gasteiger partial charge < -0.3 is 5.11 Å². The van der Waals surface area contributed by atoms with E-state index in [1.807, 2.05) is 0 Å². The molecule has 24 heavy (non-hydrogen) atoms. The molecule has 1 N–H and O–H groups in total. The Morgan fingerprint density at radius 2 is 1.79 bits per heavy atom. The summed E-state index contributed by atoms with van der Waals surface area (Å²) in [5, 5.41) is 10.3. The van der Waals surface area contributed by atoms with E-state index in [9.17, 15) is 19.5 Å². The third kappa shape index (κ3) is 2.46. The lowest BCUT2D eigenvalue weighted by Crippen LogP contribution is -2.37. The van der Waals surface area contributed by atoms with Gasteiger partial charge in [0.05, 0.1) is 17.0 Å². The third-order valence-corrected chi connectivity index (χ3v) is 4.48. The molecule has 0 radical (unpaired) electrons. The number of aliphatic hydroxyl groups excluding tert-OH is 1. The maximum Gasteiger partial charge on any atom is 0.261 e. The van der Waals surface area contributed by atoms with E-state index in [-0.39, 0.29) is 16.3 Å². The second kappa shape index (κ2) is 6.43. The van der Waals surface area contributed by atoms with Crippen molar-refractivity contribution in [3.63, 3.8) is 0 Å². The van der Waals surface area contributed by atoms with E-state index in [1.165, 1.54) is 10.6 Å². The molecule has 1 aromatic rings. The van der Waals surface area contributed by atoms with E-state index < -0.39 is 11.0 Å². The van der Waals surface area contributed by atoms with Crippen LogP contribution in [-0.2, 0) is 6.54 Å². The van der Waals surface area contributed by atoms with Crippen molar-refractivity contribution in [2.75, 3.05) is 0 Å². The Morgan fingerprint density at radius 1 is 1.04 bits per heavy atom. The molecule has 0 fully saturated rings. The number of unbranched alkanes of at least 4 members (excludes halogenated alkanes) is 3. The molecule has 1 heterocycles. The molecular weight excluding hydrogens is 306 g/mol. The van der Waals surface area contributed by atoms with Crippen LogP contribution in [0.1, 0.15) is 32.6 Å². The van der Waals surface area contributed by atoms with Crippen LogP contribution in [-0.4, -0.2) is 9.67 Å². The zero-order valence-corrected chi connectivity index (χ0v) is 13.5. The van der Waals surface area contributed by atoms with Gasteiger partial charge in [0, 0.05) is 17.5 Å². The minimum absolute atomic E-state index is 0.104. The van der Waals surface area contributed by atoms with Gasteiger partial charge in [0.15, 0.2) is 5.43 Å². The fourth-order valence-electron chi connectivity index (χ4n) is 3.24. The van der Waals surface area contributed by atoms with E-state index in [4.69, 9.17) is 0 Å². The Morgan fingerprint density at radius 3 is 2.50 bits per heavy atom. The van der Waals surface area contributed by atoms with Crippen molar-refractivity contribution in [2.45, 2.75) is 39.2 Å². The number of nitrogens with zero attached hydrogens (tertiary/aromatic N) is 1. The maximum atomic E-state index is 12.7. The van der Waals surface area contributed by atoms with Gasteiger partial charge in [-0.05, 0) is 23.9 Å². The number of hydrogen-bond donors (Lipinski definition) is 1. The molecule has 2 aliphatic rings. The molecule has 124 valence electrons. The quantitative estimate of drug-likeness (QED) is 0.727. The predicted octanol–water partition coefficient (Wildman–Crippen LogP) is 1.86. The highest BCUT2D eigenvalue weighted by Gasteiger charge is 2.20. The fraction of sp³-hybridized carbons (Fsp3) is 0.316. The number of pyridine rings is 1. The van der Waals surface area contributed by atoms with Gasteiger partial charge in [-0.15, -0.1) is 0 Å². The van der Waals surface area contributed by atoms with Crippen molar-refractivity contribution in [3.8, 4) is 11.1 Å². The van der Waals surface area contributed by atoms with Gasteiger partial charge in [-0.25, -0.2) is 0 Å². The predicted molar refractivity (Wildman–Crippen MR) is 95.0 cm³/mol. The summed E-state index contributed by atoms with van der Waals surface area (Å²) >= 11 is 0. The third-order valence-electron chi connectivity index (χ3n) is 4.48. The van der Waals surface area contributed by atoms with Crippen LogP contribution in [0.5, 0.6) is 0 Å². The Labute approximate surface area is 138 Å². The number of rotatable bonds is 5. The monoisotopic (exact) mass is 325 g/mol. The maximum absolute atomic E-state index is 12.7. The first-order chi connectivity index (χ1) is 11.6. The van der Waals surface area contributed by atoms with Crippen molar-refractivity contribution < 1.29 is 5.11 Å². The Kier molecular flexibility index (Phi) is 4.34. The second-order valence-corrected chi connectivity index (χ2v) is 6.02. The highest BCUT2D eigenvalue weighted by atomic mass is 16.2. The van der Waals surface area contributed by atoms with Crippen LogP contribution < -0.4 is 21.8 Å². The highest BCUT2D eigenvalue weighted by molar-refractivity contribution is 5.97. The average Bonchev–Trinajstić information content (AvgIpc) is 2.58. The molecule has 1 aliphatic heterocycles.